The first-order chi connectivity index (χ1) is 9.38. The van der Waals surface area contributed by atoms with E-state index in [1.807, 2.05) is 54.6 Å². The van der Waals surface area contributed by atoms with Gasteiger partial charge in [-0.15, -0.1) is 0 Å². The number of unbranched alkanes of at least 4 members (excludes halogenated alkanes) is 1. The predicted octanol–water partition coefficient (Wildman–Crippen LogP) is 4.19. The largest absolute Gasteiger partial charge is 0.457 e. The number of ether oxygens (including phenoxy) is 1. The zero-order valence-corrected chi connectivity index (χ0v) is 10.7. The molecule has 0 saturated heterocycles. The highest BCUT2D eigenvalue weighted by molar-refractivity contribution is 5.47. The molecule has 2 rings (SSSR count). The van der Waals surface area contributed by atoms with Gasteiger partial charge in [0.25, 0.3) is 0 Å². The van der Waals surface area contributed by atoms with Crippen molar-refractivity contribution in [2.45, 2.75) is 12.8 Å². The van der Waals surface area contributed by atoms with Gasteiger partial charge in [0.15, 0.2) is 0 Å². The molecule has 0 saturated carbocycles. The van der Waals surface area contributed by atoms with Crippen LogP contribution in [0.5, 0.6) is 11.5 Å². The molecule has 0 aliphatic rings. The predicted molar refractivity (Wildman–Crippen MR) is 76.3 cm³/mol. The lowest BCUT2D eigenvalue weighted by Gasteiger charge is -2.08. The van der Waals surface area contributed by atoms with Crippen LogP contribution in [0.4, 0.5) is 5.69 Å². The van der Waals surface area contributed by atoms with Crippen LogP contribution in [0.1, 0.15) is 12.8 Å². The summed E-state index contributed by atoms with van der Waals surface area (Å²) in [6.07, 6.45) is 1.45. The number of rotatable bonds is 6. The minimum Gasteiger partial charge on any atom is -0.457 e. The zero-order valence-electron chi connectivity index (χ0n) is 10.7. The Morgan fingerprint density at radius 1 is 0.947 bits per heavy atom. The monoisotopic (exact) mass is 252 g/mol. The molecule has 2 aromatic carbocycles. The van der Waals surface area contributed by atoms with Crippen molar-refractivity contribution in [3.63, 3.8) is 0 Å². The summed E-state index contributed by atoms with van der Waals surface area (Å²) in [6, 6.07) is 19.6. The van der Waals surface area contributed by atoms with E-state index in [4.69, 9.17) is 10.00 Å². The summed E-state index contributed by atoms with van der Waals surface area (Å²) in [6.45, 7) is 0.812. The Balaban J connectivity index is 1.86. The topological polar surface area (TPSA) is 45.0 Å². The summed E-state index contributed by atoms with van der Waals surface area (Å²) in [7, 11) is 0. The standard InChI is InChI=1S/C16H16N2O/c17-12-4-5-13-18-14-8-10-16(11-9-14)19-15-6-2-1-3-7-15/h1-3,6-11,18H,4-5,13H2. The average Bonchev–Trinajstić information content (AvgIpc) is 2.46. The molecule has 3 heteroatoms. The lowest BCUT2D eigenvalue weighted by molar-refractivity contribution is 0.483. The number of benzene rings is 2. The molecular weight excluding hydrogens is 236 g/mol. The molecule has 0 radical (unpaired) electrons. The molecule has 0 aliphatic heterocycles. The van der Waals surface area contributed by atoms with Gasteiger partial charge in [0.2, 0.25) is 0 Å². The summed E-state index contributed by atoms with van der Waals surface area (Å²) in [5, 5.41) is 11.7. The van der Waals surface area contributed by atoms with E-state index in [1.165, 1.54) is 0 Å². The van der Waals surface area contributed by atoms with Crippen LogP contribution < -0.4 is 10.1 Å². The zero-order chi connectivity index (χ0) is 13.3. The van der Waals surface area contributed by atoms with Gasteiger partial charge < -0.3 is 10.1 Å². The first-order valence-electron chi connectivity index (χ1n) is 6.32. The van der Waals surface area contributed by atoms with Crippen LogP contribution in [0, 0.1) is 11.3 Å². The molecule has 1 N–H and O–H groups in total. The van der Waals surface area contributed by atoms with Crippen LogP contribution in [0.15, 0.2) is 54.6 Å². The first-order valence-corrected chi connectivity index (χ1v) is 6.32. The van der Waals surface area contributed by atoms with Gasteiger partial charge in [-0.2, -0.15) is 5.26 Å². The Kier molecular flexibility index (Phi) is 4.83. The quantitative estimate of drug-likeness (QED) is 0.784. The molecule has 0 unspecified atom stereocenters. The average molecular weight is 252 g/mol. The fraction of sp³-hybridized carbons (Fsp3) is 0.188. The van der Waals surface area contributed by atoms with Crippen molar-refractivity contribution in [2.24, 2.45) is 0 Å². The van der Waals surface area contributed by atoms with E-state index in [9.17, 15) is 0 Å². The number of nitrogens with one attached hydrogen (secondary N) is 1. The minimum absolute atomic E-state index is 0.586. The highest BCUT2D eigenvalue weighted by Gasteiger charge is 1.97. The maximum absolute atomic E-state index is 8.45. The molecule has 0 atom stereocenters. The highest BCUT2D eigenvalue weighted by Crippen LogP contribution is 2.22. The Morgan fingerprint density at radius 2 is 1.63 bits per heavy atom. The Labute approximate surface area is 113 Å². The Bertz CT molecular complexity index is 529. The number of para-hydroxylation sites is 1. The van der Waals surface area contributed by atoms with E-state index in [-0.39, 0.29) is 0 Å². The second kappa shape index (κ2) is 7.07. The summed E-state index contributed by atoms with van der Waals surface area (Å²) >= 11 is 0. The van der Waals surface area contributed by atoms with Gasteiger partial charge in [0, 0.05) is 18.7 Å². The summed E-state index contributed by atoms with van der Waals surface area (Å²) < 4.78 is 5.71. The van der Waals surface area contributed by atoms with Gasteiger partial charge in [0.05, 0.1) is 6.07 Å². The van der Waals surface area contributed by atoms with Crippen LogP contribution in [-0.4, -0.2) is 6.54 Å². The van der Waals surface area contributed by atoms with E-state index >= 15 is 0 Å². The van der Waals surface area contributed by atoms with Gasteiger partial charge in [-0.05, 0) is 42.8 Å². The summed E-state index contributed by atoms with van der Waals surface area (Å²) in [5.41, 5.74) is 1.04. The van der Waals surface area contributed by atoms with E-state index in [0.717, 1.165) is 30.2 Å². The lowest BCUT2D eigenvalue weighted by Crippen LogP contribution is -2.00. The van der Waals surface area contributed by atoms with Crippen LogP contribution >= 0.6 is 0 Å². The Hall–Kier alpha value is -2.47. The number of nitrogens with zero attached hydrogens (tertiary/aromatic N) is 1. The third-order valence-corrected chi connectivity index (χ3v) is 2.63. The number of hydrogen-bond acceptors (Lipinski definition) is 3. The van der Waals surface area contributed by atoms with Crippen molar-refractivity contribution in [1.29, 1.82) is 5.26 Å². The normalized spacial score (nSPS) is 9.63. The molecule has 19 heavy (non-hydrogen) atoms. The van der Waals surface area contributed by atoms with Crippen molar-refractivity contribution in [2.75, 3.05) is 11.9 Å². The van der Waals surface area contributed by atoms with E-state index in [1.54, 1.807) is 0 Å². The fourth-order valence-electron chi connectivity index (χ4n) is 1.67. The van der Waals surface area contributed by atoms with Gasteiger partial charge in [-0.1, -0.05) is 18.2 Å². The third kappa shape index (κ3) is 4.36. The fourth-order valence-corrected chi connectivity index (χ4v) is 1.67. The Morgan fingerprint density at radius 3 is 2.32 bits per heavy atom. The molecule has 0 bridgehead atoms. The van der Waals surface area contributed by atoms with E-state index in [2.05, 4.69) is 11.4 Å². The third-order valence-electron chi connectivity index (χ3n) is 2.63. The first kappa shape index (κ1) is 13.0. The maximum Gasteiger partial charge on any atom is 0.127 e. The van der Waals surface area contributed by atoms with Crippen LogP contribution in [0.2, 0.25) is 0 Å². The molecule has 0 aliphatic carbocycles. The molecule has 0 amide bonds. The van der Waals surface area contributed by atoms with E-state index in [0.29, 0.717) is 6.42 Å². The maximum atomic E-state index is 8.45. The van der Waals surface area contributed by atoms with Crippen LogP contribution in [0.25, 0.3) is 0 Å². The molecule has 0 aromatic heterocycles. The minimum atomic E-state index is 0.586. The van der Waals surface area contributed by atoms with Crippen molar-refractivity contribution in [3.05, 3.63) is 54.6 Å². The highest BCUT2D eigenvalue weighted by atomic mass is 16.5. The van der Waals surface area contributed by atoms with Gasteiger partial charge in [0.1, 0.15) is 11.5 Å². The molecule has 0 fully saturated rings. The van der Waals surface area contributed by atoms with Crippen LogP contribution in [-0.2, 0) is 0 Å². The molecule has 0 spiro atoms. The molecule has 3 nitrogen and oxygen atoms in total. The second-order valence-corrected chi connectivity index (χ2v) is 4.13. The smallest absolute Gasteiger partial charge is 0.127 e. The SMILES string of the molecule is N#CCCCNc1ccc(Oc2ccccc2)cc1. The van der Waals surface area contributed by atoms with Crippen molar-refractivity contribution < 1.29 is 4.74 Å². The molecule has 2 aromatic rings. The molecule has 0 heterocycles. The van der Waals surface area contributed by atoms with Crippen LogP contribution in [0.3, 0.4) is 0 Å². The number of anilines is 1. The van der Waals surface area contributed by atoms with Gasteiger partial charge >= 0.3 is 0 Å². The van der Waals surface area contributed by atoms with E-state index < -0.39 is 0 Å². The number of hydrogen-bond donors (Lipinski definition) is 1. The summed E-state index contributed by atoms with van der Waals surface area (Å²) in [5.74, 6) is 1.64. The number of nitriles is 1. The van der Waals surface area contributed by atoms with Crippen molar-refractivity contribution in [3.8, 4) is 17.6 Å². The van der Waals surface area contributed by atoms with Crippen molar-refractivity contribution >= 4 is 5.69 Å². The van der Waals surface area contributed by atoms with Crippen molar-refractivity contribution in [1.82, 2.24) is 0 Å². The van der Waals surface area contributed by atoms with Gasteiger partial charge in [-0.25, -0.2) is 0 Å². The molecule has 96 valence electrons. The molecular formula is C16H16N2O. The second-order valence-electron chi connectivity index (χ2n) is 4.13. The summed E-state index contributed by atoms with van der Waals surface area (Å²) in [4.78, 5) is 0. The lowest BCUT2D eigenvalue weighted by atomic mass is 10.2. The van der Waals surface area contributed by atoms with Gasteiger partial charge in [-0.3, -0.25) is 0 Å².